The van der Waals surface area contributed by atoms with Crippen molar-refractivity contribution in [2.45, 2.75) is 0 Å². The van der Waals surface area contributed by atoms with E-state index >= 15 is 0 Å². The number of fused-ring (bicyclic) bond motifs is 1. The third-order valence-electron chi connectivity index (χ3n) is 2.73. The van der Waals surface area contributed by atoms with Crippen LogP contribution >= 0.6 is 39.3 Å². The van der Waals surface area contributed by atoms with Crippen molar-refractivity contribution in [3.05, 3.63) is 39.6 Å². The Labute approximate surface area is 131 Å². The largest absolute Gasteiger partial charge is 0.397 e. The van der Waals surface area contributed by atoms with Gasteiger partial charge < -0.3 is 11.1 Å². The molecule has 4 nitrogen and oxygen atoms in total. The van der Waals surface area contributed by atoms with Gasteiger partial charge in [0.15, 0.2) is 0 Å². The number of halogens is 3. The minimum Gasteiger partial charge on any atom is -0.397 e. The molecule has 0 unspecified atom stereocenters. The van der Waals surface area contributed by atoms with Crippen LogP contribution in [0.1, 0.15) is 0 Å². The quantitative estimate of drug-likeness (QED) is 0.646. The molecule has 3 aromatic rings. The van der Waals surface area contributed by atoms with E-state index in [4.69, 9.17) is 17.3 Å². The van der Waals surface area contributed by atoms with Gasteiger partial charge in [-0.15, -0.1) is 0 Å². The number of nitrogens with two attached hydrogens (primary N) is 1. The van der Waals surface area contributed by atoms with Crippen LogP contribution in [0, 0.1) is 5.82 Å². The van der Waals surface area contributed by atoms with Gasteiger partial charge in [0.1, 0.15) is 16.9 Å². The highest BCUT2D eigenvalue weighted by Crippen LogP contribution is 2.35. The Bertz CT molecular complexity index is 807. The van der Waals surface area contributed by atoms with Gasteiger partial charge in [0.05, 0.1) is 38.3 Å². The predicted octanol–water partition coefficient (Wildman–Crippen LogP) is 4.57. The first kappa shape index (κ1) is 13.5. The maximum Gasteiger partial charge on any atom is 0.139 e. The number of nitrogens with zero attached hydrogens (tertiary/aromatic N) is 2. The maximum absolute atomic E-state index is 13.6. The number of aromatic nitrogens is 2. The molecule has 1 aromatic heterocycles. The number of benzene rings is 2. The van der Waals surface area contributed by atoms with Crippen molar-refractivity contribution in [2.24, 2.45) is 0 Å². The Morgan fingerprint density at radius 2 is 2.10 bits per heavy atom. The van der Waals surface area contributed by atoms with Crippen LogP contribution in [0.4, 0.5) is 21.5 Å². The second-order valence-corrected chi connectivity index (χ2v) is 5.82. The van der Waals surface area contributed by atoms with Crippen LogP contribution in [-0.4, -0.2) is 8.75 Å². The Morgan fingerprint density at radius 3 is 2.90 bits per heavy atom. The topological polar surface area (TPSA) is 63.8 Å². The second kappa shape index (κ2) is 5.16. The van der Waals surface area contributed by atoms with Crippen molar-refractivity contribution in [3.8, 4) is 0 Å². The molecule has 0 bridgehead atoms. The van der Waals surface area contributed by atoms with Gasteiger partial charge in [-0.05, 0) is 34.1 Å². The van der Waals surface area contributed by atoms with Crippen LogP contribution < -0.4 is 11.1 Å². The van der Waals surface area contributed by atoms with Crippen molar-refractivity contribution in [1.29, 1.82) is 0 Å². The molecule has 2 aromatic carbocycles. The highest BCUT2D eigenvalue weighted by Gasteiger charge is 2.13. The average molecular weight is 374 g/mol. The van der Waals surface area contributed by atoms with Crippen molar-refractivity contribution in [1.82, 2.24) is 8.75 Å². The molecule has 8 heteroatoms. The van der Waals surface area contributed by atoms with Crippen molar-refractivity contribution in [2.75, 3.05) is 11.1 Å². The first-order valence-electron chi connectivity index (χ1n) is 5.48. The summed E-state index contributed by atoms with van der Waals surface area (Å²) in [5.74, 6) is -0.415. The number of hydrogen-bond donors (Lipinski definition) is 2. The zero-order chi connectivity index (χ0) is 14.3. The van der Waals surface area contributed by atoms with Crippen molar-refractivity contribution >= 4 is 67.4 Å². The number of anilines is 3. The normalized spacial score (nSPS) is 10.9. The summed E-state index contributed by atoms with van der Waals surface area (Å²) in [5.41, 5.74) is 8.61. The molecule has 3 N–H and O–H groups in total. The lowest BCUT2D eigenvalue weighted by molar-refractivity contribution is 0.622. The SMILES string of the molecule is Nc1cc(Br)c(F)cc1Nc1c(Cl)ccc2nsnc12. The fourth-order valence-electron chi connectivity index (χ4n) is 1.75. The molecule has 0 amide bonds. The highest BCUT2D eigenvalue weighted by molar-refractivity contribution is 9.10. The fraction of sp³-hybridized carbons (Fsp3) is 0. The average Bonchev–Trinajstić information content (AvgIpc) is 2.87. The van der Waals surface area contributed by atoms with E-state index in [1.54, 1.807) is 12.1 Å². The van der Waals surface area contributed by atoms with E-state index < -0.39 is 5.82 Å². The Hall–Kier alpha value is -1.44. The molecule has 0 aliphatic carbocycles. The van der Waals surface area contributed by atoms with Gasteiger partial charge in [-0.3, -0.25) is 0 Å². The van der Waals surface area contributed by atoms with Gasteiger partial charge in [-0.25, -0.2) is 4.39 Å². The van der Waals surface area contributed by atoms with Gasteiger partial charge in [-0.2, -0.15) is 8.75 Å². The minimum atomic E-state index is -0.415. The van der Waals surface area contributed by atoms with Crippen molar-refractivity contribution < 1.29 is 4.39 Å². The monoisotopic (exact) mass is 372 g/mol. The number of nitrogens with one attached hydrogen (secondary N) is 1. The summed E-state index contributed by atoms with van der Waals surface area (Å²) in [6, 6.07) is 6.27. The van der Waals surface area contributed by atoms with Gasteiger partial charge >= 0.3 is 0 Å². The van der Waals surface area contributed by atoms with E-state index in [2.05, 4.69) is 30.0 Å². The number of hydrogen-bond acceptors (Lipinski definition) is 5. The summed E-state index contributed by atoms with van der Waals surface area (Å²) in [5, 5.41) is 3.49. The molecule has 0 saturated carbocycles. The van der Waals surface area contributed by atoms with Crippen LogP contribution in [0.5, 0.6) is 0 Å². The zero-order valence-electron chi connectivity index (χ0n) is 9.82. The molecular formula is C12H7BrClFN4S. The molecule has 0 fully saturated rings. The minimum absolute atomic E-state index is 0.306. The molecule has 3 rings (SSSR count). The summed E-state index contributed by atoms with van der Waals surface area (Å²) in [6.07, 6.45) is 0. The number of nitrogen functional groups attached to an aromatic ring is 1. The van der Waals surface area contributed by atoms with Gasteiger partial charge in [0, 0.05) is 6.07 Å². The molecule has 102 valence electrons. The highest BCUT2D eigenvalue weighted by atomic mass is 79.9. The van der Waals surface area contributed by atoms with E-state index in [9.17, 15) is 4.39 Å². The van der Waals surface area contributed by atoms with Crippen LogP contribution in [0.2, 0.25) is 5.02 Å². The summed E-state index contributed by atoms with van der Waals surface area (Å²) in [6.45, 7) is 0. The number of rotatable bonds is 2. The van der Waals surface area contributed by atoms with E-state index in [-0.39, 0.29) is 0 Å². The molecule has 0 radical (unpaired) electrons. The van der Waals surface area contributed by atoms with Crippen LogP contribution in [0.3, 0.4) is 0 Å². The lowest BCUT2D eigenvalue weighted by atomic mass is 10.2. The van der Waals surface area contributed by atoms with E-state index in [1.807, 2.05) is 0 Å². The Morgan fingerprint density at radius 1 is 1.30 bits per heavy atom. The second-order valence-electron chi connectivity index (χ2n) is 4.03. The molecular weight excluding hydrogens is 367 g/mol. The van der Waals surface area contributed by atoms with E-state index in [0.717, 1.165) is 17.2 Å². The molecule has 20 heavy (non-hydrogen) atoms. The Balaban J connectivity index is 2.12. The summed E-state index contributed by atoms with van der Waals surface area (Å²) in [7, 11) is 0. The van der Waals surface area contributed by atoms with E-state index in [1.165, 1.54) is 12.1 Å². The summed E-state index contributed by atoms with van der Waals surface area (Å²) >= 11 is 10.3. The smallest absolute Gasteiger partial charge is 0.139 e. The van der Waals surface area contributed by atoms with Crippen LogP contribution in [0.25, 0.3) is 11.0 Å². The van der Waals surface area contributed by atoms with Gasteiger partial charge in [-0.1, -0.05) is 11.6 Å². The zero-order valence-corrected chi connectivity index (χ0v) is 13.0. The van der Waals surface area contributed by atoms with Gasteiger partial charge in [0.25, 0.3) is 0 Å². The molecule has 1 heterocycles. The summed E-state index contributed by atoms with van der Waals surface area (Å²) in [4.78, 5) is 0. The third kappa shape index (κ3) is 2.32. The lowest BCUT2D eigenvalue weighted by Crippen LogP contribution is -1.99. The van der Waals surface area contributed by atoms with Crippen LogP contribution in [-0.2, 0) is 0 Å². The van der Waals surface area contributed by atoms with Crippen LogP contribution in [0.15, 0.2) is 28.7 Å². The summed E-state index contributed by atoms with van der Waals surface area (Å²) < 4.78 is 22.2. The molecule has 0 spiro atoms. The fourth-order valence-corrected chi connectivity index (χ4v) is 2.85. The van der Waals surface area contributed by atoms with Crippen molar-refractivity contribution in [3.63, 3.8) is 0 Å². The maximum atomic E-state index is 13.6. The molecule has 0 aliphatic rings. The molecule has 0 aliphatic heterocycles. The standard InChI is InChI=1S/C12H7BrClFN4S/c13-5-3-8(16)10(4-7(5)15)17-11-6(14)1-2-9-12(11)19-20-18-9/h1-4,17H,16H2. The predicted molar refractivity (Wildman–Crippen MR) is 84.2 cm³/mol. The third-order valence-corrected chi connectivity index (χ3v) is 4.19. The Kier molecular flexibility index (Phi) is 3.49. The first-order valence-corrected chi connectivity index (χ1v) is 7.38. The van der Waals surface area contributed by atoms with E-state index in [0.29, 0.717) is 32.1 Å². The molecule has 0 saturated heterocycles. The molecule has 0 atom stereocenters. The van der Waals surface area contributed by atoms with Gasteiger partial charge in [0.2, 0.25) is 0 Å². The first-order chi connectivity index (χ1) is 9.56. The lowest BCUT2D eigenvalue weighted by Gasteiger charge is -2.12.